The highest BCUT2D eigenvalue weighted by Gasteiger charge is 2.10. The summed E-state index contributed by atoms with van der Waals surface area (Å²) >= 11 is 5.80. The van der Waals surface area contributed by atoms with Gasteiger partial charge in [-0.3, -0.25) is 9.59 Å². The number of aromatic nitrogens is 3. The standard InChI is InChI=1S/C15H12ClN3O4/c1-22-11-4-9-10(17-7-18-15(9)21)5-12(11)23-6-8-2-13(16)19-14(20)3-8/h2-5,7H,6H2,1H3,(H,19,20)(H,17,18,21). The lowest BCUT2D eigenvalue weighted by atomic mass is 10.2. The Hall–Kier alpha value is -2.80. The summed E-state index contributed by atoms with van der Waals surface area (Å²) in [6.45, 7) is 0.120. The monoisotopic (exact) mass is 333 g/mol. The number of hydrogen-bond donors (Lipinski definition) is 2. The maximum Gasteiger partial charge on any atom is 0.258 e. The number of methoxy groups -OCH3 is 1. The number of halogens is 1. The van der Waals surface area contributed by atoms with Gasteiger partial charge in [0.1, 0.15) is 11.8 Å². The molecule has 0 unspecified atom stereocenters. The van der Waals surface area contributed by atoms with Crippen molar-refractivity contribution in [2.45, 2.75) is 6.61 Å². The van der Waals surface area contributed by atoms with Crippen molar-refractivity contribution in [1.29, 1.82) is 0 Å². The Kier molecular flexibility index (Phi) is 4.03. The van der Waals surface area contributed by atoms with Crippen LogP contribution in [0.15, 0.2) is 40.2 Å². The van der Waals surface area contributed by atoms with Crippen LogP contribution < -0.4 is 20.6 Å². The number of nitrogens with one attached hydrogen (secondary N) is 2. The van der Waals surface area contributed by atoms with Crippen LogP contribution in [0.2, 0.25) is 5.15 Å². The maximum atomic E-state index is 11.8. The zero-order valence-corrected chi connectivity index (χ0v) is 12.8. The number of benzene rings is 1. The maximum absolute atomic E-state index is 11.8. The van der Waals surface area contributed by atoms with Crippen LogP contribution in [0.5, 0.6) is 11.5 Å². The van der Waals surface area contributed by atoms with E-state index in [9.17, 15) is 9.59 Å². The second-order valence-electron chi connectivity index (χ2n) is 4.74. The third kappa shape index (κ3) is 3.19. The van der Waals surface area contributed by atoms with Gasteiger partial charge < -0.3 is 19.4 Å². The molecule has 0 amide bonds. The first-order chi connectivity index (χ1) is 11.1. The highest BCUT2D eigenvalue weighted by Crippen LogP contribution is 2.30. The smallest absolute Gasteiger partial charge is 0.258 e. The number of H-pyrrole nitrogens is 2. The number of fused-ring (bicyclic) bond motifs is 1. The normalized spacial score (nSPS) is 10.7. The van der Waals surface area contributed by atoms with Crippen LogP contribution in [-0.4, -0.2) is 22.1 Å². The Morgan fingerprint density at radius 1 is 1.17 bits per heavy atom. The van der Waals surface area contributed by atoms with E-state index in [1.54, 1.807) is 18.2 Å². The molecule has 8 heteroatoms. The number of aromatic amines is 2. The van der Waals surface area contributed by atoms with Gasteiger partial charge in [0, 0.05) is 12.1 Å². The van der Waals surface area contributed by atoms with Crippen LogP contribution in [0.1, 0.15) is 5.56 Å². The zero-order chi connectivity index (χ0) is 16.4. The molecule has 0 aliphatic carbocycles. The molecule has 23 heavy (non-hydrogen) atoms. The molecule has 3 rings (SSSR count). The van der Waals surface area contributed by atoms with Gasteiger partial charge in [-0.15, -0.1) is 0 Å². The molecule has 118 valence electrons. The lowest BCUT2D eigenvalue weighted by Gasteiger charge is -2.11. The Balaban J connectivity index is 1.95. The summed E-state index contributed by atoms with van der Waals surface area (Å²) in [5.41, 5.74) is 0.518. The molecule has 0 fully saturated rings. The molecule has 0 spiro atoms. The van der Waals surface area contributed by atoms with Crippen molar-refractivity contribution in [2.75, 3.05) is 7.11 Å². The molecule has 0 bridgehead atoms. The minimum atomic E-state index is -0.310. The second-order valence-corrected chi connectivity index (χ2v) is 5.15. The molecule has 1 aromatic carbocycles. The van der Waals surface area contributed by atoms with Crippen molar-refractivity contribution in [2.24, 2.45) is 0 Å². The van der Waals surface area contributed by atoms with Gasteiger partial charge in [0.05, 0.1) is 24.3 Å². The van der Waals surface area contributed by atoms with Gasteiger partial charge in [0.25, 0.3) is 5.56 Å². The van der Waals surface area contributed by atoms with Crippen LogP contribution in [0.3, 0.4) is 0 Å². The van der Waals surface area contributed by atoms with Crippen molar-refractivity contribution in [3.8, 4) is 11.5 Å². The van der Waals surface area contributed by atoms with E-state index in [1.165, 1.54) is 19.5 Å². The molecule has 3 aromatic rings. The predicted molar refractivity (Wildman–Crippen MR) is 85.3 cm³/mol. The van der Waals surface area contributed by atoms with Crippen LogP contribution in [0.4, 0.5) is 0 Å². The van der Waals surface area contributed by atoms with Crippen molar-refractivity contribution in [3.63, 3.8) is 0 Å². The minimum Gasteiger partial charge on any atom is -0.493 e. The summed E-state index contributed by atoms with van der Waals surface area (Å²) in [6, 6.07) is 6.15. The Morgan fingerprint density at radius 3 is 2.74 bits per heavy atom. The number of ether oxygens (including phenoxy) is 2. The predicted octanol–water partition coefficient (Wildman–Crippen LogP) is 1.85. The van der Waals surface area contributed by atoms with Crippen LogP contribution in [0, 0.1) is 0 Å². The van der Waals surface area contributed by atoms with Crippen LogP contribution >= 0.6 is 11.6 Å². The molecule has 0 aliphatic rings. The molecule has 0 saturated heterocycles. The van der Waals surface area contributed by atoms with Gasteiger partial charge in [-0.25, -0.2) is 4.98 Å². The van der Waals surface area contributed by atoms with Gasteiger partial charge in [-0.1, -0.05) is 11.6 Å². The summed E-state index contributed by atoms with van der Waals surface area (Å²) < 4.78 is 10.9. The SMILES string of the molecule is COc1cc2c(=O)[nH]cnc2cc1OCc1cc(Cl)[nH]c(=O)c1. The van der Waals surface area contributed by atoms with Gasteiger partial charge in [-0.2, -0.15) is 0 Å². The molecule has 2 N–H and O–H groups in total. The summed E-state index contributed by atoms with van der Waals surface area (Å²) in [5.74, 6) is 0.807. The molecular formula is C15H12ClN3O4. The summed E-state index contributed by atoms with van der Waals surface area (Å²) in [5, 5.41) is 0.630. The quantitative estimate of drug-likeness (QED) is 0.710. The van der Waals surface area contributed by atoms with Crippen molar-refractivity contribution >= 4 is 22.5 Å². The van der Waals surface area contributed by atoms with E-state index >= 15 is 0 Å². The average molecular weight is 334 g/mol. The third-order valence-electron chi connectivity index (χ3n) is 3.19. The Bertz CT molecular complexity index is 980. The highest BCUT2D eigenvalue weighted by molar-refractivity contribution is 6.29. The van der Waals surface area contributed by atoms with E-state index in [1.807, 2.05) is 0 Å². The fraction of sp³-hybridized carbons (Fsp3) is 0.133. The lowest BCUT2D eigenvalue weighted by Crippen LogP contribution is -2.09. The van der Waals surface area contributed by atoms with Crippen molar-refractivity contribution in [3.05, 3.63) is 62.0 Å². The molecular weight excluding hydrogens is 322 g/mol. The fourth-order valence-electron chi connectivity index (χ4n) is 2.16. The molecule has 7 nitrogen and oxygen atoms in total. The number of pyridine rings is 1. The Morgan fingerprint density at radius 2 is 2.00 bits per heavy atom. The number of hydrogen-bond acceptors (Lipinski definition) is 5. The molecule has 2 heterocycles. The molecule has 0 atom stereocenters. The first kappa shape index (κ1) is 15.1. The van der Waals surface area contributed by atoms with Crippen molar-refractivity contribution < 1.29 is 9.47 Å². The molecule has 0 radical (unpaired) electrons. The van der Waals surface area contributed by atoms with E-state index < -0.39 is 0 Å². The van der Waals surface area contributed by atoms with Crippen LogP contribution in [-0.2, 0) is 6.61 Å². The third-order valence-corrected chi connectivity index (χ3v) is 3.40. The number of nitrogens with zero attached hydrogens (tertiary/aromatic N) is 1. The van der Waals surface area contributed by atoms with E-state index in [-0.39, 0.29) is 22.9 Å². The topological polar surface area (TPSA) is 97.1 Å². The largest absolute Gasteiger partial charge is 0.493 e. The highest BCUT2D eigenvalue weighted by atomic mass is 35.5. The van der Waals surface area contributed by atoms with Gasteiger partial charge in [-0.05, 0) is 17.7 Å². The average Bonchev–Trinajstić information content (AvgIpc) is 2.51. The van der Waals surface area contributed by atoms with Gasteiger partial charge in [0.15, 0.2) is 11.5 Å². The first-order valence-corrected chi connectivity index (χ1v) is 7.01. The molecule has 0 aliphatic heterocycles. The molecule has 2 aromatic heterocycles. The zero-order valence-electron chi connectivity index (χ0n) is 12.1. The van der Waals surface area contributed by atoms with E-state index in [2.05, 4.69) is 15.0 Å². The summed E-state index contributed by atoms with van der Waals surface area (Å²) in [4.78, 5) is 32.2. The van der Waals surface area contributed by atoms with Gasteiger partial charge >= 0.3 is 0 Å². The van der Waals surface area contributed by atoms with Crippen LogP contribution in [0.25, 0.3) is 10.9 Å². The molecule has 0 saturated carbocycles. The number of rotatable bonds is 4. The lowest BCUT2D eigenvalue weighted by molar-refractivity contribution is 0.285. The Labute approximate surface area is 134 Å². The first-order valence-electron chi connectivity index (χ1n) is 6.64. The minimum absolute atomic E-state index is 0.120. The van der Waals surface area contributed by atoms with E-state index in [4.69, 9.17) is 21.1 Å². The van der Waals surface area contributed by atoms with E-state index in [0.29, 0.717) is 28.0 Å². The summed E-state index contributed by atoms with van der Waals surface area (Å²) in [6.07, 6.45) is 1.32. The van der Waals surface area contributed by atoms with E-state index in [0.717, 1.165) is 0 Å². The second kappa shape index (κ2) is 6.13. The van der Waals surface area contributed by atoms with Crippen molar-refractivity contribution in [1.82, 2.24) is 15.0 Å². The fourth-order valence-corrected chi connectivity index (χ4v) is 2.39. The van der Waals surface area contributed by atoms with Gasteiger partial charge in [0.2, 0.25) is 5.56 Å². The summed E-state index contributed by atoms with van der Waals surface area (Å²) in [7, 11) is 1.47.